The summed E-state index contributed by atoms with van der Waals surface area (Å²) in [5, 5.41) is 17.9. The normalized spacial score (nSPS) is 46.2. The molecule has 4 fully saturated rings. The lowest BCUT2D eigenvalue weighted by molar-refractivity contribution is -0.173. The van der Waals surface area contributed by atoms with Crippen molar-refractivity contribution in [2.45, 2.75) is 49.4 Å². The SMILES string of the molecule is O=C(O)C(C12CC3CC(CC(O)(C3)C1)C2)S(=O)(=O)O. The number of carbonyl (C=O) groups is 1. The van der Waals surface area contributed by atoms with E-state index in [4.69, 9.17) is 0 Å². The molecule has 108 valence electrons. The van der Waals surface area contributed by atoms with Gasteiger partial charge in [0.15, 0.2) is 5.25 Å². The van der Waals surface area contributed by atoms with E-state index in [0.717, 1.165) is 6.42 Å². The predicted molar refractivity (Wildman–Crippen MR) is 65.0 cm³/mol. The second kappa shape index (κ2) is 3.71. The van der Waals surface area contributed by atoms with Gasteiger partial charge < -0.3 is 10.2 Å². The van der Waals surface area contributed by atoms with E-state index >= 15 is 0 Å². The van der Waals surface area contributed by atoms with Crippen molar-refractivity contribution in [3.8, 4) is 0 Å². The fraction of sp³-hybridized carbons (Fsp3) is 0.917. The molecule has 4 rings (SSSR count). The highest BCUT2D eigenvalue weighted by Gasteiger charge is 2.63. The lowest BCUT2D eigenvalue weighted by Crippen LogP contribution is -2.62. The molecule has 7 heteroatoms. The van der Waals surface area contributed by atoms with Crippen molar-refractivity contribution in [2.75, 3.05) is 0 Å². The summed E-state index contributed by atoms with van der Waals surface area (Å²) in [7, 11) is -4.66. The molecule has 0 aromatic heterocycles. The first-order valence-electron chi connectivity index (χ1n) is 6.55. The highest BCUT2D eigenvalue weighted by Crippen LogP contribution is 2.63. The fourth-order valence-corrected chi connectivity index (χ4v) is 6.46. The van der Waals surface area contributed by atoms with Crippen LogP contribution in [0.1, 0.15) is 38.5 Å². The molecule has 3 atom stereocenters. The highest BCUT2D eigenvalue weighted by molar-refractivity contribution is 7.87. The summed E-state index contributed by atoms with van der Waals surface area (Å²) in [6, 6.07) is 0. The third-order valence-electron chi connectivity index (χ3n) is 5.15. The van der Waals surface area contributed by atoms with Gasteiger partial charge in [0, 0.05) is 5.41 Å². The zero-order valence-corrected chi connectivity index (χ0v) is 11.3. The fourth-order valence-electron chi connectivity index (χ4n) is 5.30. The molecule has 19 heavy (non-hydrogen) atoms. The molecule has 4 aliphatic rings. The molecule has 0 aromatic carbocycles. The maximum absolute atomic E-state index is 11.5. The van der Waals surface area contributed by atoms with Gasteiger partial charge >= 0.3 is 5.97 Å². The summed E-state index contributed by atoms with van der Waals surface area (Å²) >= 11 is 0. The molecule has 0 aromatic rings. The van der Waals surface area contributed by atoms with Gasteiger partial charge in [0.2, 0.25) is 0 Å². The Hall–Kier alpha value is -0.660. The van der Waals surface area contributed by atoms with Gasteiger partial charge in [-0.25, -0.2) is 0 Å². The van der Waals surface area contributed by atoms with E-state index in [9.17, 15) is 28.0 Å². The minimum Gasteiger partial charge on any atom is -0.480 e. The Balaban J connectivity index is 2.05. The summed E-state index contributed by atoms with van der Waals surface area (Å²) in [5.41, 5.74) is -1.94. The number of hydrogen-bond acceptors (Lipinski definition) is 4. The molecule has 3 unspecified atom stereocenters. The Labute approximate surface area is 111 Å². The molecular weight excluding hydrogens is 272 g/mol. The third-order valence-corrected chi connectivity index (χ3v) is 6.45. The van der Waals surface area contributed by atoms with Crippen LogP contribution >= 0.6 is 0 Å². The topological polar surface area (TPSA) is 112 Å². The van der Waals surface area contributed by atoms with Crippen molar-refractivity contribution in [1.82, 2.24) is 0 Å². The van der Waals surface area contributed by atoms with Crippen LogP contribution in [0.4, 0.5) is 0 Å². The molecule has 3 N–H and O–H groups in total. The van der Waals surface area contributed by atoms with Gasteiger partial charge in [0.05, 0.1) is 5.60 Å². The van der Waals surface area contributed by atoms with Crippen LogP contribution in [0, 0.1) is 17.3 Å². The molecule has 4 bridgehead atoms. The Kier molecular flexibility index (Phi) is 2.60. The van der Waals surface area contributed by atoms with E-state index in [2.05, 4.69) is 0 Å². The number of aliphatic carboxylic acids is 1. The van der Waals surface area contributed by atoms with Gasteiger partial charge in [-0.3, -0.25) is 9.35 Å². The Morgan fingerprint density at radius 1 is 1.16 bits per heavy atom. The molecule has 0 amide bonds. The van der Waals surface area contributed by atoms with Gasteiger partial charge in [0.25, 0.3) is 10.1 Å². The predicted octanol–water partition coefficient (Wildman–Crippen LogP) is 0.659. The molecule has 0 aliphatic heterocycles. The van der Waals surface area contributed by atoms with E-state index in [0.29, 0.717) is 25.7 Å². The average Bonchev–Trinajstić information content (AvgIpc) is 2.07. The molecule has 4 saturated carbocycles. The van der Waals surface area contributed by atoms with E-state index in [1.807, 2.05) is 0 Å². The minimum absolute atomic E-state index is 0.170. The van der Waals surface area contributed by atoms with Gasteiger partial charge in [-0.1, -0.05) is 0 Å². The minimum atomic E-state index is -4.66. The molecule has 4 aliphatic carbocycles. The van der Waals surface area contributed by atoms with E-state index in [1.165, 1.54) is 0 Å². The first-order valence-corrected chi connectivity index (χ1v) is 8.05. The largest absolute Gasteiger partial charge is 0.480 e. The molecule has 0 saturated heterocycles. The maximum atomic E-state index is 11.5. The monoisotopic (exact) mass is 290 g/mol. The first-order chi connectivity index (χ1) is 8.64. The smallest absolute Gasteiger partial charge is 0.324 e. The van der Waals surface area contributed by atoms with E-state index in [-0.39, 0.29) is 18.3 Å². The zero-order valence-electron chi connectivity index (χ0n) is 10.4. The molecule has 6 nitrogen and oxygen atoms in total. The third kappa shape index (κ3) is 1.98. The second-order valence-electron chi connectivity index (χ2n) is 6.78. The number of carboxylic acids is 1. The lowest BCUT2D eigenvalue weighted by atomic mass is 9.47. The quantitative estimate of drug-likeness (QED) is 0.658. The molecular formula is C12H18O6S. The summed E-state index contributed by atoms with van der Waals surface area (Å²) in [6.45, 7) is 0. The summed E-state index contributed by atoms with van der Waals surface area (Å²) in [6.07, 6.45) is 3.31. The van der Waals surface area contributed by atoms with Crippen molar-refractivity contribution < 1.29 is 28.0 Å². The van der Waals surface area contributed by atoms with Crippen molar-refractivity contribution >= 4 is 16.1 Å². The van der Waals surface area contributed by atoms with Crippen LogP contribution in [0.25, 0.3) is 0 Å². The van der Waals surface area contributed by atoms with Crippen LogP contribution in [0.2, 0.25) is 0 Å². The average molecular weight is 290 g/mol. The van der Waals surface area contributed by atoms with Crippen molar-refractivity contribution in [3.63, 3.8) is 0 Å². The Morgan fingerprint density at radius 3 is 2.05 bits per heavy atom. The van der Waals surface area contributed by atoms with Crippen molar-refractivity contribution in [1.29, 1.82) is 0 Å². The van der Waals surface area contributed by atoms with Crippen LogP contribution in [0.5, 0.6) is 0 Å². The van der Waals surface area contributed by atoms with Crippen molar-refractivity contribution in [2.24, 2.45) is 17.3 Å². The Morgan fingerprint density at radius 2 is 1.68 bits per heavy atom. The number of aliphatic hydroxyl groups is 1. The van der Waals surface area contributed by atoms with Gasteiger partial charge in [-0.15, -0.1) is 0 Å². The first kappa shape index (κ1) is 13.3. The van der Waals surface area contributed by atoms with Crippen LogP contribution in [-0.4, -0.2) is 40.0 Å². The van der Waals surface area contributed by atoms with Gasteiger partial charge in [-0.2, -0.15) is 8.42 Å². The van der Waals surface area contributed by atoms with Crippen LogP contribution in [0.3, 0.4) is 0 Å². The maximum Gasteiger partial charge on any atom is 0.324 e. The van der Waals surface area contributed by atoms with Crippen LogP contribution in [0.15, 0.2) is 0 Å². The number of rotatable bonds is 3. The standard InChI is InChI=1S/C12H18O6S/c13-10(14)9(19(16,17)18)11-2-7-1-8(3-11)5-12(15,4-7)6-11/h7-9,15H,1-6H2,(H,13,14)(H,16,17,18). The van der Waals surface area contributed by atoms with E-state index in [1.54, 1.807) is 0 Å². The zero-order chi connectivity index (χ0) is 14.1. The van der Waals surface area contributed by atoms with Gasteiger partial charge in [0.1, 0.15) is 0 Å². The molecule has 0 radical (unpaired) electrons. The summed E-state index contributed by atoms with van der Waals surface area (Å²) in [5.74, 6) is -1.15. The summed E-state index contributed by atoms with van der Waals surface area (Å²) in [4.78, 5) is 11.3. The molecule has 0 heterocycles. The van der Waals surface area contributed by atoms with Crippen LogP contribution in [-0.2, 0) is 14.9 Å². The van der Waals surface area contributed by atoms with Crippen molar-refractivity contribution in [3.05, 3.63) is 0 Å². The van der Waals surface area contributed by atoms with Gasteiger partial charge in [-0.05, 0) is 50.4 Å². The highest BCUT2D eigenvalue weighted by atomic mass is 32.2. The number of hydrogen-bond donors (Lipinski definition) is 3. The Bertz CT molecular complexity index is 510. The lowest BCUT2D eigenvalue weighted by Gasteiger charge is -2.61. The van der Waals surface area contributed by atoms with E-state index < -0.39 is 32.4 Å². The second-order valence-corrected chi connectivity index (χ2v) is 8.28. The van der Waals surface area contributed by atoms with Crippen LogP contribution < -0.4 is 0 Å². The summed E-state index contributed by atoms with van der Waals surface area (Å²) < 4.78 is 32.3. The molecule has 0 spiro atoms. The number of carboxylic acid groups (broad SMARTS) is 1.